The molecule has 1 unspecified atom stereocenters. The maximum absolute atomic E-state index is 13.5. The van der Waals surface area contributed by atoms with Gasteiger partial charge in [0.1, 0.15) is 16.5 Å². The van der Waals surface area contributed by atoms with Gasteiger partial charge in [0, 0.05) is 17.8 Å². The Morgan fingerprint density at radius 2 is 2.11 bits per heavy atom. The van der Waals surface area contributed by atoms with Crippen LogP contribution in [0.3, 0.4) is 0 Å². The normalized spacial score (nSPS) is 13.4. The Hall–Kier alpha value is -1.80. The van der Waals surface area contributed by atoms with Gasteiger partial charge in [-0.05, 0) is 25.1 Å². The van der Waals surface area contributed by atoms with Gasteiger partial charge in [0.25, 0.3) is 0 Å². The summed E-state index contributed by atoms with van der Waals surface area (Å²) >= 11 is 0. The number of aromatic amines is 1. The molecule has 1 atom stereocenters. The molecule has 0 aliphatic heterocycles. The standard InChI is InChI=1S/C11H11F2N3O2S/c1-7(8-5-14-15-6-8)16-19(17,18)11-4-9(12)2-3-10(11)13/h2-7,16H,1H3,(H,14,15). The summed E-state index contributed by atoms with van der Waals surface area (Å²) < 4.78 is 52.6. The van der Waals surface area contributed by atoms with Gasteiger partial charge in [0.2, 0.25) is 10.0 Å². The minimum Gasteiger partial charge on any atom is -0.285 e. The van der Waals surface area contributed by atoms with Crippen LogP contribution in [-0.2, 0) is 10.0 Å². The predicted octanol–water partition coefficient (Wildman–Crippen LogP) is 1.73. The quantitative estimate of drug-likeness (QED) is 0.899. The van der Waals surface area contributed by atoms with Crippen molar-refractivity contribution in [1.82, 2.24) is 14.9 Å². The van der Waals surface area contributed by atoms with Crippen LogP contribution in [0.2, 0.25) is 0 Å². The molecule has 2 rings (SSSR count). The zero-order valence-corrected chi connectivity index (χ0v) is 10.7. The van der Waals surface area contributed by atoms with Crippen LogP contribution in [0.5, 0.6) is 0 Å². The minimum atomic E-state index is -4.15. The van der Waals surface area contributed by atoms with E-state index in [0.29, 0.717) is 11.6 Å². The van der Waals surface area contributed by atoms with Crippen molar-refractivity contribution in [2.75, 3.05) is 0 Å². The molecule has 0 saturated carbocycles. The Morgan fingerprint density at radius 3 is 2.74 bits per heavy atom. The van der Waals surface area contributed by atoms with Crippen molar-refractivity contribution in [2.24, 2.45) is 0 Å². The van der Waals surface area contributed by atoms with E-state index >= 15 is 0 Å². The molecule has 0 amide bonds. The van der Waals surface area contributed by atoms with Crippen LogP contribution in [-0.4, -0.2) is 18.6 Å². The van der Waals surface area contributed by atoms with Crippen LogP contribution >= 0.6 is 0 Å². The first-order chi connectivity index (χ1) is 8.90. The van der Waals surface area contributed by atoms with Gasteiger partial charge in [-0.2, -0.15) is 5.10 Å². The molecular weight excluding hydrogens is 276 g/mol. The van der Waals surface area contributed by atoms with Gasteiger partial charge in [-0.1, -0.05) is 0 Å². The molecule has 0 aliphatic carbocycles. The highest BCUT2D eigenvalue weighted by Gasteiger charge is 2.23. The highest BCUT2D eigenvalue weighted by molar-refractivity contribution is 7.89. The number of H-pyrrole nitrogens is 1. The summed E-state index contributed by atoms with van der Waals surface area (Å²) in [4.78, 5) is -0.720. The lowest BCUT2D eigenvalue weighted by Crippen LogP contribution is -2.27. The van der Waals surface area contributed by atoms with Crippen molar-refractivity contribution in [3.63, 3.8) is 0 Å². The van der Waals surface area contributed by atoms with E-state index in [2.05, 4.69) is 14.9 Å². The van der Waals surface area contributed by atoms with Gasteiger partial charge < -0.3 is 0 Å². The summed E-state index contributed by atoms with van der Waals surface area (Å²) in [7, 11) is -4.15. The molecule has 0 saturated heterocycles. The molecule has 0 bridgehead atoms. The predicted molar refractivity (Wildman–Crippen MR) is 63.7 cm³/mol. The molecule has 1 aromatic heterocycles. The highest BCUT2D eigenvalue weighted by atomic mass is 32.2. The Balaban J connectivity index is 2.30. The largest absolute Gasteiger partial charge is 0.285 e. The molecule has 5 nitrogen and oxygen atoms in total. The first kappa shape index (κ1) is 13.6. The average Bonchev–Trinajstić information content (AvgIpc) is 2.85. The smallest absolute Gasteiger partial charge is 0.244 e. The molecule has 2 aromatic rings. The number of rotatable bonds is 4. The lowest BCUT2D eigenvalue weighted by Gasteiger charge is -2.13. The monoisotopic (exact) mass is 287 g/mol. The van der Waals surface area contributed by atoms with Gasteiger partial charge in [0.15, 0.2) is 0 Å². The van der Waals surface area contributed by atoms with E-state index < -0.39 is 32.6 Å². The molecule has 0 fully saturated rings. The van der Waals surface area contributed by atoms with Gasteiger partial charge in [-0.15, -0.1) is 0 Å². The molecule has 1 aromatic carbocycles. The number of nitrogens with one attached hydrogen (secondary N) is 2. The first-order valence-corrected chi connectivity index (χ1v) is 6.84. The van der Waals surface area contributed by atoms with E-state index in [0.717, 1.165) is 12.1 Å². The fourth-order valence-electron chi connectivity index (χ4n) is 1.55. The van der Waals surface area contributed by atoms with E-state index in [9.17, 15) is 17.2 Å². The second-order valence-electron chi connectivity index (χ2n) is 3.95. The van der Waals surface area contributed by atoms with E-state index in [-0.39, 0.29) is 0 Å². The Bertz CT molecular complexity index is 671. The fraction of sp³-hybridized carbons (Fsp3) is 0.182. The SMILES string of the molecule is CC(NS(=O)(=O)c1cc(F)ccc1F)c1cn[nH]c1. The molecule has 0 spiro atoms. The summed E-state index contributed by atoms with van der Waals surface area (Å²) in [5, 5.41) is 6.22. The second-order valence-corrected chi connectivity index (χ2v) is 5.63. The zero-order valence-electron chi connectivity index (χ0n) is 9.89. The molecule has 102 valence electrons. The molecule has 8 heteroatoms. The summed E-state index contributed by atoms with van der Waals surface area (Å²) in [6.07, 6.45) is 2.95. The second kappa shape index (κ2) is 5.06. The summed E-state index contributed by atoms with van der Waals surface area (Å²) in [6, 6.07) is 1.64. The average molecular weight is 287 g/mol. The van der Waals surface area contributed by atoms with Crippen LogP contribution in [0.15, 0.2) is 35.5 Å². The Labute approximate surface area is 108 Å². The third-order valence-corrected chi connectivity index (χ3v) is 4.09. The van der Waals surface area contributed by atoms with Crippen LogP contribution in [0.4, 0.5) is 8.78 Å². The van der Waals surface area contributed by atoms with Crippen LogP contribution in [0.25, 0.3) is 0 Å². The number of benzene rings is 1. The summed E-state index contributed by atoms with van der Waals surface area (Å²) in [6.45, 7) is 1.57. The van der Waals surface area contributed by atoms with Crippen molar-refractivity contribution in [2.45, 2.75) is 17.9 Å². The van der Waals surface area contributed by atoms with E-state index in [1.807, 2.05) is 0 Å². The van der Waals surface area contributed by atoms with Crippen molar-refractivity contribution < 1.29 is 17.2 Å². The van der Waals surface area contributed by atoms with E-state index in [4.69, 9.17) is 0 Å². The fourth-order valence-corrected chi connectivity index (χ4v) is 2.87. The molecular formula is C11H11F2N3O2S. The number of hydrogen-bond acceptors (Lipinski definition) is 3. The van der Waals surface area contributed by atoms with Gasteiger partial charge in [-0.25, -0.2) is 21.9 Å². The number of nitrogens with zero attached hydrogens (tertiary/aromatic N) is 1. The third kappa shape index (κ3) is 2.96. The number of hydrogen-bond donors (Lipinski definition) is 2. The highest BCUT2D eigenvalue weighted by Crippen LogP contribution is 2.19. The van der Waals surface area contributed by atoms with Crippen molar-refractivity contribution in [1.29, 1.82) is 0 Å². The van der Waals surface area contributed by atoms with Crippen LogP contribution in [0.1, 0.15) is 18.5 Å². The summed E-state index contributed by atoms with van der Waals surface area (Å²) in [5.74, 6) is -1.83. The third-order valence-electron chi connectivity index (χ3n) is 2.53. The van der Waals surface area contributed by atoms with E-state index in [1.54, 1.807) is 6.92 Å². The van der Waals surface area contributed by atoms with Crippen molar-refractivity contribution >= 4 is 10.0 Å². The first-order valence-electron chi connectivity index (χ1n) is 5.36. The van der Waals surface area contributed by atoms with Crippen molar-refractivity contribution in [3.8, 4) is 0 Å². The summed E-state index contributed by atoms with van der Waals surface area (Å²) in [5.41, 5.74) is 0.584. The molecule has 1 heterocycles. The lowest BCUT2D eigenvalue weighted by molar-refractivity contribution is 0.538. The number of halogens is 2. The van der Waals surface area contributed by atoms with Crippen molar-refractivity contribution in [3.05, 3.63) is 47.8 Å². The molecule has 0 aliphatic rings. The van der Waals surface area contributed by atoms with Gasteiger partial charge in [-0.3, -0.25) is 5.10 Å². The molecule has 19 heavy (non-hydrogen) atoms. The number of sulfonamides is 1. The maximum atomic E-state index is 13.5. The Kier molecular flexibility index (Phi) is 3.63. The van der Waals surface area contributed by atoms with Gasteiger partial charge in [0.05, 0.1) is 6.20 Å². The topological polar surface area (TPSA) is 74.8 Å². The molecule has 2 N–H and O–H groups in total. The zero-order chi connectivity index (χ0) is 14.0. The van der Waals surface area contributed by atoms with Gasteiger partial charge >= 0.3 is 0 Å². The lowest BCUT2D eigenvalue weighted by atomic mass is 10.2. The van der Waals surface area contributed by atoms with Crippen LogP contribution in [0, 0.1) is 11.6 Å². The maximum Gasteiger partial charge on any atom is 0.244 e. The minimum absolute atomic E-state index is 0.584. The Morgan fingerprint density at radius 1 is 1.37 bits per heavy atom. The number of aromatic nitrogens is 2. The van der Waals surface area contributed by atoms with Crippen LogP contribution < -0.4 is 4.72 Å². The van der Waals surface area contributed by atoms with E-state index in [1.165, 1.54) is 12.4 Å². The molecule has 0 radical (unpaired) electrons.